The quantitative estimate of drug-likeness (QED) is 0.713. The highest BCUT2D eigenvalue weighted by Gasteiger charge is 2.17. The van der Waals surface area contributed by atoms with Crippen LogP contribution in [0.2, 0.25) is 5.02 Å². The maximum absolute atomic E-state index is 12.6. The number of rotatable bonds is 5. The van der Waals surface area contributed by atoms with E-state index in [-0.39, 0.29) is 18.1 Å². The van der Waals surface area contributed by atoms with Crippen LogP contribution in [0.15, 0.2) is 53.5 Å². The molecule has 24 heavy (non-hydrogen) atoms. The van der Waals surface area contributed by atoms with Crippen molar-refractivity contribution in [2.75, 3.05) is 6.54 Å². The minimum Gasteiger partial charge on any atom is -0.337 e. The SMILES string of the molecule is CCN(Cc1ccccc1Cl)C(=O)Cn1nc2ccccn2c1=O. The van der Waals surface area contributed by atoms with Gasteiger partial charge in [-0.15, -0.1) is 5.10 Å². The van der Waals surface area contributed by atoms with Gasteiger partial charge < -0.3 is 4.90 Å². The minimum atomic E-state index is -0.326. The molecule has 7 heteroatoms. The van der Waals surface area contributed by atoms with Crippen molar-refractivity contribution in [2.45, 2.75) is 20.0 Å². The van der Waals surface area contributed by atoms with Crippen LogP contribution in [0.1, 0.15) is 12.5 Å². The molecule has 0 aliphatic rings. The van der Waals surface area contributed by atoms with Gasteiger partial charge >= 0.3 is 5.69 Å². The molecule has 0 N–H and O–H groups in total. The van der Waals surface area contributed by atoms with Gasteiger partial charge in [0.2, 0.25) is 5.91 Å². The summed E-state index contributed by atoms with van der Waals surface area (Å²) in [5.74, 6) is -0.178. The second kappa shape index (κ2) is 6.88. The molecule has 3 rings (SSSR count). The van der Waals surface area contributed by atoms with E-state index >= 15 is 0 Å². The van der Waals surface area contributed by atoms with Gasteiger partial charge in [0.15, 0.2) is 5.65 Å². The van der Waals surface area contributed by atoms with Gasteiger partial charge in [-0.25, -0.2) is 9.48 Å². The van der Waals surface area contributed by atoms with E-state index in [1.165, 1.54) is 9.08 Å². The molecule has 0 spiro atoms. The lowest BCUT2D eigenvalue weighted by Gasteiger charge is -2.21. The van der Waals surface area contributed by atoms with E-state index in [0.717, 1.165) is 5.56 Å². The number of pyridine rings is 1. The van der Waals surface area contributed by atoms with Crippen molar-refractivity contribution in [2.24, 2.45) is 0 Å². The second-order valence-corrected chi connectivity index (χ2v) is 5.78. The number of likely N-dealkylation sites (N-methyl/N-ethyl adjacent to an activating group) is 1. The van der Waals surface area contributed by atoms with Crippen molar-refractivity contribution in [1.29, 1.82) is 0 Å². The number of fused-ring (bicyclic) bond motifs is 1. The highest BCUT2D eigenvalue weighted by atomic mass is 35.5. The van der Waals surface area contributed by atoms with E-state index in [1.807, 2.05) is 25.1 Å². The molecule has 2 aromatic heterocycles. The molecule has 1 aromatic carbocycles. The molecule has 0 fully saturated rings. The van der Waals surface area contributed by atoms with Gasteiger partial charge in [-0.2, -0.15) is 0 Å². The van der Waals surface area contributed by atoms with Gasteiger partial charge in [0.1, 0.15) is 6.54 Å². The summed E-state index contributed by atoms with van der Waals surface area (Å²) >= 11 is 6.16. The van der Waals surface area contributed by atoms with E-state index in [0.29, 0.717) is 23.8 Å². The van der Waals surface area contributed by atoms with Gasteiger partial charge in [-0.1, -0.05) is 35.9 Å². The van der Waals surface area contributed by atoms with E-state index in [2.05, 4.69) is 5.10 Å². The Bertz CT molecular complexity index is 931. The van der Waals surface area contributed by atoms with Crippen LogP contribution in [0.25, 0.3) is 5.65 Å². The number of hydrogen-bond acceptors (Lipinski definition) is 3. The highest BCUT2D eigenvalue weighted by Crippen LogP contribution is 2.17. The summed E-state index contributed by atoms with van der Waals surface area (Å²) in [5, 5.41) is 4.81. The van der Waals surface area contributed by atoms with Gasteiger partial charge in [0.05, 0.1) is 0 Å². The van der Waals surface area contributed by atoms with Crippen LogP contribution in [-0.4, -0.2) is 31.5 Å². The third-order valence-electron chi connectivity index (χ3n) is 3.83. The third-order valence-corrected chi connectivity index (χ3v) is 4.20. The van der Waals surface area contributed by atoms with Crippen molar-refractivity contribution >= 4 is 23.2 Å². The first kappa shape index (κ1) is 16.3. The van der Waals surface area contributed by atoms with E-state index in [4.69, 9.17) is 11.6 Å². The van der Waals surface area contributed by atoms with Crippen molar-refractivity contribution in [1.82, 2.24) is 19.1 Å². The number of carbonyl (C=O) groups is 1. The van der Waals surface area contributed by atoms with Gasteiger partial charge in [0, 0.05) is 24.3 Å². The van der Waals surface area contributed by atoms with Crippen molar-refractivity contribution in [3.63, 3.8) is 0 Å². The number of hydrogen-bond donors (Lipinski definition) is 0. The van der Waals surface area contributed by atoms with Crippen LogP contribution in [0.5, 0.6) is 0 Å². The molecule has 0 aliphatic heterocycles. The van der Waals surface area contributed by atoms with Crippen LogP contribution in [0.3, 0.4) is 0 Å². The van der Waals surface area contributed by atoms with Crippen LogP contribution >= 0.6 is 11.6 Å². The summed E-state index contributed by atoms with van der Waals surface area (Å²) in [5.41, 5.74) is 1.06. The fourth-order valence-corrected chi connectivity index (χ4v) is 2.70. The summed E-state index contributed by atoms with van der Waals surface area (Å²) in [6, 6.07) is 12.7. The number of benzene rings is 1. The molecule has 0 bridgehead atoms. The molecule has 0 saturated carbocycles. The zero-order chi connectivity index (χ0) is 17.1. The fourth-order valence-electron chi connectivity index (χ4n) is 2.51. The molecular formula is C17H17ClN4O2. The summed E-state index contributed by atoms with van der Waals surface area (Å²) in [6.07, 6.45) is 1.63. The normalized spacial score (nSPS) is 10.9. The summed E-state index contributed by atoms with van der Waals surface area (Å²) < 4.78 is 2.60. The van der Waals surface area contributed by atoms with Gasteiger partial charge in [0.25, 0.3) is 0 Å². The maximum atomic E-state index is 12.6. The standard InChI is InChI=1S/C17H17ClN4O2/c1-2-20(11-13-7-3-4-8-14(13)18)16(23)12-22-17(24)21-10-6-5-9-15(21)19-22/h3-10H,2,11-12H2,1H3. The third kappa shape index (κ3) is 3.19. The topological polar surface area (TPSA) is 59.6 Å². The zero-order valence-electron chi connectivity index (χ0n) is 13.2. The Morgan fingerprint density at radius 1 is 1.21 bits per heavy atom. The van der Waals surface area contributed by atoms with Gasteiger partial charge in [-0.05, 0) is 30.7 Å². The van der Waals surface area contributed by atoms with E-state index in [1.54, 1.807) is 35.4 Å². The molecule has 0 aliphatic carbocycles. The molecule has 0 atom stereocenters. The Labute approximate surface area is 143 Å². The summed E-state index contributed by atoms with van der Waals surface area (Å²) in [4.78, 5) is 26.5. The van der Waals surface area contributed by atoms with Crippen LogP contribution < -0.4 is 5.69 Å². The largest absolute Gasteiger partial charge is 0.350 e. The minimum absolute atomic E-state index is 0.0984. The van der Waals surface area contributed by atoms with Crippen LogP contribution in [0.4, 0.5) is 0 Å². The van der Waals surface area contributed by atoms with Crippen LogP contribution in [-0.2, 0) is 17.9 Å². The van der Waals surface area contributed by atoms with E-state index < -0.39 is 0 Å². The van der Waals surface area contributed by atoms with Crippen molar-refractivity contribution in [3.05, 3.63) is 69.7 Å². The Morgan fingerprint density at radius 3 is 2.67 bits per heavy atom. The maximum Gasteiger partial charge on any atom is 0.350 e. The van der Waals surface area contributed by atoms with Crippen molar-refractivity contribution in [3.8, 4) is 0 Å². The van der Waals surface area contributed by atoms with E-state index in [9.17, 15) is 9.59 Å². The van der Waals surface area contributed by atoms with Gasteiger partial charge in [-0.3, -0.25) is 9.20 Å². The average molecular weight is 345 g/mol. The molecule has 124 valence electrons. The predicted octanol–water partition coefficient (Wildman–Crippen LogP) is 2.20. The number of aromatic nitrogens is 3. The fraction of sp³-hybridized carbons (Fsp3) is 0.235. The molecule has 1 amide bonds. The highest BCUT2D eigenvalue weighted by molar-refractivity contribution is 6.31. The molecule has 2 heterocycles. The molecule has 0 saturated heterocycles. The number of amides is 1. The smallest absolute Gasteiger partial charge is 0.337 e. The Morgan fingerprint density at radius 2 is 1.96 bits per heavy atom. The molecule has 0 unspecified atom stereocenters. The van der Waals surface area contributed by atoms with Crippen LogP contribution in [0, 0.1) is 0 Å². The Kier molecular flexibility index (Phi) is 4.66. The lowest BCUT2D eigenvalue weighted by Crippen LogP contribution is -2.36. The van der Waals surface area contributed by atoms with Crippen molar-refractivity contribution < 1.29 is 4.79 Å². The number of halogens is 1. The number of carbonyl (C=O) groups excluding carboxylic acids is 1. The molecule has 3 aromatic rings. The first-order chi connectivity index (χ1) is 11.6. The summed E-state index contributed by atoms with van der Waals surface area (Å²) in [6.45, 7) is 2.71. The average Bonchev–Trinajstić information content (AvgIpc) is 2.90. The molecular weight excluding hydrogens is 328 g/mol. The predicted molar refractivity (Wildman–Crippen MR) is 92.0 cm³/mol. The summed E-state index contributed by atoms with van der Waals surface area (Å²) in [7, 11) is 0. The first-order valence-electron chi connectivity index (χ1n) is 7.65. The lowest BCUT2D eigenvalue weighted by atomic mass is 10.2. The first-order valence-corrected chi connectivity index (χ1v) is 8.03. The molecule has 6 nitrogen and oxygen atoms in total. The number of nitrogens with zero attached hydrogens (tertiary/aromatic N) is 4. The Hall–Kier alpha value is -2.60. The Balaban J connectivity index is 1.80. The monoisotopic (exact) mass is 344 g/mol. The second-order valence-electron chi connectivity index (χ2n) is 5.37. The molecule has 0 radical (unpaired) electrons. The lowest BCUT2D eigenvalue weighted by molar-refractivity contribution is -0.132. The zero-order valence-corrected chi connectivity index (χ0v) is 14.0.